The Morgan fingerprint density at radius 3 is 2.30 bits per heavy atom. The molecule has 0 saturated heterocycles. The van der Waals surface area contributed by atoms with Gasteiger partial charge in [-0.1, -0.05) is 38.1 Å². The van der Waals surface area contributed by atoms with Crippen molar-refractivity contribution in [2.24, 2.45) is 11.7 Å². The van der Waals surface area contributed by atoms with Gasteiger partial charge in [0.25, 0.3) is 0 Å². The lowest BCUT2D eigenvalue weighted by molar-refractivity contribution is -0.122. The van der Waals surface area contributed by atoms with E-state index in [1.807, 2.05) is 13.8 Å². The molecule has 1 atom stereocenters. The third kappa shape index (κ3) is 3.29. The summed E-state index contributed by atoms with van der Waals surface area (Å²) in [7, 11) is 0. The number of benzene rings is 2. The van der Waals surface area contributed by atoms with Crippen LogP contribution < -0.4 is 11.1 Å². The predicted octanol–water partition coefficient (Wildman–Crippen LogP) is 2.63. The molecular weight excluding hydrogens is 292 g/mol. The highest BCUT2D eigenvalue weighted by Crippen LogP contribution is 2.39. The second-order valence-electron chi connectivity index (χ2n) is 5.89. The van der Waals surface area contributed by atoms with Crippen molar-refractivity contribution in [3.63, 3.8) is 0 Å². The summed E-state index contributed by atoms with van der Waals surface area (Å²) in [5.74, 6) is -0.0838. The fourth-order valence-electron chi connectivity index (χ4n) is 2.36. The first-order chi connectivity index (χ1) is 10.8. The van der Waals surface area contributed by atoms with Crippen molar-refractivity contribution < 1.29 is 15.0 Å². The molecule has 5 heteroatoms. The molecule has 0 spiro atoms. The lowest BCUT2D eigenvalue weighted by atomic mass is 9.98. The van der Waals surface area contributed by atoms with Crippen molar-refractivity contribution in [2.45, 2.75) is 26.8 Å². The van der Waals surface area contributed by atoms with E-state index in [0.717, 1.165) is 0 Å². The van der Waals surface area contributed by atoms with Gasteiger partial charge in [-0.25, -0.2) is 0 Å². The number of nitrogens with two attached hydrogens (primary N) is 1. The molecule has 0 aliphatic carbocycles. The number of phenolic OH excluding ortho intramolecular Hbond substituents is 2. The molecule has 1 unspecified atom stereocenters. The Hall–Kier alpha value is -2.53. The van der Waals surface area contributed by atoms with E-state index in [2.05, 4.69) is 5.32 Å². The molecule has 0 bridgehead atoms. The zero-order chi connectivity index (χ0) is 17.1. The van der Waals surface area contributed by atoms with Gasteiger partial charge in [0.05, 0.1) is 6.04 Å². The average molecular weight is 314 g/mol. The number of amides is 1. The van der Waals surface area contributed by atoms with E-state index in [1.54, 1.807) is 37.3 Å². The van der Waals surface area contributed by atoms with Gasteiger partial charge in [-0.05, 0) is 18.9 Å². The monoisotopic (exact) mass is 314 g/mol. The molecule has 122 valence electrons. The second kappa shape index (κ2) is 6.71. The Labute approximate surface area is 135 Å². The van der Waals surface area contributed by atoms with Gasteiger partial charge in [0.2, 0.25) is 5.91 Å². The van der Waals surface area contributed by atoms with Crippen molar-refractivity contribution in [1.82, 2.24) is 5.32 Å². The summed E-state index contributed by atoms with van der Waals surface area (Å²) < 4.78 is 0. The summed E-state index contributed by atoms with van der Waals surface area (Å²) >= 11 is 0. The van der Waals surface area contributed by atoms with Gasteiger partial charge in [0, 0.05) is 28.1 Å². The number of carbonyl (C=O) groups is 1. The number of phenols is 2. The second-order valence-corrected chi connectivity index (χ2v) is 5.89. The summed E-state index contributed by atoms with van der Waals surface area (Å²) in [5, 5.41) is 24.4. The van der Waals surface area contributed by atoms with Crippen LogP contribution in [-0.4, -0.2) is 22.2 Å². The molecular formula is C18H22N2O3. The minimum atomic E-state index is -0.598. The molecule has 0 heterocycles. The van der Waals surface area contributed by atoms with E-state index in [1.165, 1.54) is 6.20 Å². The van der Waals surface area contributed by atoms with Crippen LogP contribution >= 0.6 is 0 Å². The van der Waals surface area contributed by atoms with E-state index >= 15 is 0 Å². The van der Waals surface area contributed by atoms with Crippen molar-refractivity contribution in [3.8, 4) is 11.5 Å². The molecule has 0 fully saturated rings. The Morgan fingerprint density at radius 1 is 1.17 bits per heavy atom. The maximum absolute atomic E-state index is 11.8. The van der Waals surface area contributed by atoms with Gasteiger partial charge >= 0.3 is 0 Å². The molecule has 5 nitrogen and oxygen atoms in total. The van der Waals surface area contributed by atoms with E-state index < -0.39 is 6.04 Å². The summed E-state index contributed by atoms with van der Waals surface area (Å²) in [5.41, 5.74) is 6.76. The molecule has 2 aromatic carbocycles. The first-order valence-electron chi connectivity index (χ1n) is 7.50. The zero-order valence-corrected chi connectivity index (χ0v) is 13.5. The SMILES string of the molecule is Cc1c(C=CNC(=O)C(N)C(C)C)c(O)c2ccccc2c1O. The minimum Gasteiger partial charge on any atom is -0.507 e. The fourth-order valence-corrected chi connectivity index (χ4v) is 2.36. The highest BCUT2D eigenvalue weighted by atomic mass is 16.3. The van der Waals surface area contributed by atoms with Gasteiger partial charge in [-0.2, -0.15) is 0 Å². The minimum absolute atomic E-state index is 0.0308. The highest BCUT2D eigenvalue weighted by Gasteiger charge is 2.16. The third-order valence-electron chi connectivity index (χ3n) is 3.95. The number of hydrogen-bond acceptors (Lipinski definition) is 4. The molecule has 0 aliphatic rings. The number of nitrogens with one attached hydrogen (secondary N) is 1. The standard InChI is InChI=1S/C18H22N2O3/c1-10(2)15(19)18(23)20-9-8-12-11(3)16(21)13-6-4-5-7-14(13)17(12)22/h4-10,15,21-22H,19H2,1-3H3,(H,20,23). The summed E-state index contributed by atoms with van der Waals surface area (Å²) in [4.78, 5) is 11.8. The predicted molar refractivity (Wildman–Crippen MR) is 92.0 cm³/mol. The van der Waals surface area contributed by atoms with Crippen LogP contribution in [0.2, 0.25) is 0 Å². The van der Waals surface area contributed by atoms with Gasteiger partial charge in [0.15, 0.2) is 0 Å². The largest absolute Gasteiger partial charge is 0.507 e. The summed E-state index contributed by atoms with van der Waals surface area (Å²) in [6.45, 7) is 5.44. The first kappa shape index (κ1) is 16.8. The molecule has 0 radical (unpaired) electrons. The van der Waals surface area contributed by atoms with Crippen molar-refractivity contribution in [1.29, 1.82) is 0 Å². The lowest BCUT2D eigenvalue weighted by Crippen LogP contribution is -2.41. The Balaban J connectivity index is 2.34. The van der Waals surface area contributed by atoms with Gasteiger partial charge < -0.3 is 21.3 Å². The normalized spacial score (nSPS) is 12.9. The molecule has 2 rings (SSSR count). The van der Waals surface area contributed by atoms with Gasteiger partial charge in [0.1, 0.15) is 11.5 Å². The highest BCUT2D eigenvalue weighted by molar-refractivity contribution is 5.97. The quantitative estimate of drug-likeness (QED) is 0.652. The van der Waals surface area contributed by atoms with E-state index in [9.17, 15) is 15.0 Å². The van der Waals surface area contributed by atoms with Crippen molar-refractivity contribution >= 4 is 22.8 Å². The number of fused-ring (bicyclic) bond motifs is 1. The maximum atomic E-state index is 11.8. The van der Waals surface area contributed by atoms with Crippen LogP contribution in [0, 0.1) is 12.8 Å². The van der Waals surface area contributed by atoms with Crippen LogP contribution in [0.3, 0.4) is 0 Å². The Kier molecular flexibility index (Phi) is 4.91. The summed E-state index contributed by atoms with van der Waals surface area (Å²) in [6.07, 6.45) is 2.99. The van der Waals surface area contributed by atoms with Crippen LogP contribution in [0.5, 0.6) is 11.5 Å². The number of rotatable bonds is 4. The van der Waals surface area contributed by atoms with Gasteiger partial charge in [-0.3, -0.25) is 4.79 Å². The molecule has 0 saturated carbocycles. The number of aromatic hydroxyl groups is 2. The van der Waals surface area contributed by atoms with Crippen LogP contribution in [0.15, 0.2) is 30.5 Å². The van der Waals surface area contributed by atoms with E-state index in [-0.39, 0.29) is 23.3 Å². The van der Waals surface area contributed by atoms with Crippen LogP contribution in [0.1, 0.15) is 25.0 Å². The number of hydrogen-bond donors (Lipinski definition) is 4. The average Bonchev–Trinajstić information content (AvgIpc) is 2.54. The Bertz CT molecular complexity index is 766. The van der Waals surface area contributed by atoms with Crippen LogP contribution in [-0.2, 0) is 4.79 Å². The molecule has 5 N–H and O–H groups in total. The number of carbonyl (C=O) groups excluding carboxylic acids is 1. The first-order valence-corrected chi connectivity index (χ1v) is 7.50. The van der Waals surface area contributed by atoms with Crippen LogP contribution in [0.4, 0.5) is 0 Å². The lowest BCUT2D eigenvalue weighted by Gasteiger charge is -2.14. The van der Waals surface area contributed by atoms with Gasteiger partial charge in [-0.15, -0.1) is 0 Å². The molecule has 2 aromatic rings. The fraction of sp³-hybridized carbons (Fsp3) is 0.278. The topological polar surface area (TPSA) is 95.6 Å². The molecule has 0 aliphatic heterocycles. The molecule has 1 amide bonds. The molecule has 23 heavy (non-hydrogen) atoms. The van der Waals surface area contributed by atoms with Crippen LogP contribution in [0.25, 0.3) is 16.8 Å². The van der Waals surface area contributed by atoms with Crippen molar-refractivity contribution in [3.05, 3.63) is 41.6 Å². The van der Waals surface area contributed by atoms with Crippen molar-refractivity contribution in [2.75, 3.05) is 0 Å². The smallest absolute Gasteiger partial charge is 0.241 e. The maximum Gasteiger partial charge on any atom is 0.241 e. The van der Waals surface area contributed by atoms with E-state index in [4.69, 9.17) is 5.73 Å². The molecule has 0 aromatic heterocycles. The zero-order valence-electron chi connectivity index (χ0n) is 13.5. The third-order valence-corrected chi connectivity index (χ3v) is 3.95. The van der Waals surface area contributed by atoms with E-state index in [0.29, 0.717) is 21.9 Å². The summed E-state index contributed by atoms with van der Waals surface area (Å²) in [6, 6.07) is 6.46. The Morgan fingerprint density at radius 2 is 1.74 bits per heavy atom.